The molecule has 0 amide bonds. The van der Waals surface area contributed by atoms with Crippen molar-refractivity contribution in [1.29, 1.82) is 0 Å². The van der Waals surface area contributed by atoms with E-state index in [1.54, 1.807) is 0 Å². The maximum atomic E-state index is 9.88. The summed E-state index contributed by atoms with van der Waals surface area (Å²) in [5.41, 5.74) is 0. The van der Waals surface area contributed by atoms with Crippen LogP contribution in [0.5, 0.6) is 0 Å². The molecule has 0 aromatic heterocycles. The molecule has 3 atom stereocenters. The highest BCUT2D eigenvalue weighted by Crippen LogP contribution is 2.24. The fraction of sp³-hybridized carbons (Fsp3) is 0.846. The van der Waals surface area contributed by atoms with Crippen LogP contribution in [0.4, 0.5) is 0 Å². The predicted molar refractivity (Wildman–Crippen MR) is 62.9 cm³/mol. The number of aliphatic hydroxyl groups excluding tert-OH is 1. The van der Waals surface area contributed by atoms with E-state index in [9.17, 15) is 5.11 Å². The molecule has 1 N–H and O–H groups in total. The van der Waals surface area contributed by atoms with E-state index in [1.807, 2.05) is 6.08 Å². The third-order valence-corrected chi connectivity index (χ3v) is 3.10. The molecular weight excluding hydrogens is 188 g/mol. The largest absolute Gasteiger partial charge is 0.390 e. The normalized spacial score (nSPS) is 27.9. The number of rotatable bonds is 7. The zero-order valence-electron chi connectivity index (χ0n) is 9.82. The van der Waals surface area contributed by atoms with Gasteiger partial charge in [0.15, 0.2) is 0 Å². The van der Waals surface area contributed by atoms with Crippen LogP contribution in [-0.4, -0.2) is 23.4 Å². The first-order valence-electron chi connectivity index (χ1n) is 6.18. The SMILES string of the molecule is C=CCCCCCC(O)C1CCC(C)O1. The zero-order valence-corrected chi connectivity index (χ0v) is 9.82. The second-order valence-electron chi connectivity index (χ2n) is 4.56. The van der Waals surface area contributed by atoms with Gasteiger partial charge in [-0.25, -0.2) is 0 Å². The number of hydrogen-bond donors (Lipinski definition) is 1. The van der Waals surface area contributed by atoms with Gasteiger partial charge in [0.25, 0.3) is 0 Å². The Hall–Kier alpha value is -0.340. The highest BCUT2D eigenvalue weighted by Gasteiger charge is 2.27. The maximum absolute atomic E-state index is 9.88. The molecule has 2 nitrogen and oxygen atoms in total. The van der Waals surface area contributed by atoms with Crippen LogP contribution in [-0.2, 0) is 4.74 Å². The Morgan fingerprint density at radius 2 is 2.20 bits per heavy atom. The van der Waals surface area contributed by atoms with Crippen molar-refractivity contribution in [2.24, 2.45) is 0 Å². The summed E-state index contributed by atoms with van der Waals surface area (Å²) in [6.07, 6.45) is 9.71. The van der Waals surface area contributed by atoms with Crippen LogP contribution in [0.3, 0.4) is 0 Å². The third-order valence-electron chi connectivity index (χ3n) is 3.10. The van der Waals surface area contributed by atoms with Gasteiger partial charge in [-0.1, -0.05) is 18.9 Å². The summed E-state index contributed by atoms with van der Waals surface area (Å²) in [5, 5.41) is 9.88. The summed E-state index contributed by atoms with van der Waals surface area (Å²) in [5.74, 6) is 0. The van der Waals surface area contributed by atoms with Gasteiger partial charge in [-0.15, -0.1) is 6.58 Å². The molecule has 1 heterocycles. The summed E-state index contributed by atoms with van der Waals surface area (Å²) in [6.45, 7) is 5.78. The number of unbranched alkanes of at least 4 members (excludes halogenated alkanes) is 3. The molecule has 2 heteroatoms. The molecule has 88 valence electrons. The van der Waals surface area contributed by atoms with Gasteiger partial charge in [0.05, 0.1) is 18.3 Å². The molecule has 3 unspecified atom stereocenters. The van der Waals surface area contributed by atoms with E-state index >= 15 is 0 Å². The molecule has 1 fully saturated rings. The maximum Gasteiger partial charge on any atom is 0.0838 e. The second-order valence-corrected chi connectivity index (χ2v) is 4.56. The fourth-order valence-electron chi connectivity index (χ4n) is 2.12. The molecule has 1 aliphatic rings. The van der Waals surface area contributed by atoms with Gasteiger partial charge in [0.1, 0.15) is 0 Å². The van der Waals surface area contributed by atoms with Crippen molar-refractivity contribution >= 4 is 0 Å². The fourth-order valence-corrected chi connectivity index (χ4v) is 2.12. The number of hydrogen-bond acceptors (Lipinski definition) is 2. The average molecular weight is 212 g/mol. The van der Waals surface area contributed by atoms with Gasteiger partial charge >= 0.3 is 0 Å². The highest BCUT2D eigenvalue weighted by atomic mass is 16.5. The Morgan fingerprint density at radius 3 is 2.80 bits per heavy atom. The molecule has 0 aliphatic carbocycles. The van der Waals surface area contributed by atoms with Gasteiger partial charge in [-0.3, -0.25) is 0 Å². The van der Waals surface area contributed by atoms with E-state index in [-0.39, 0.29) is 12.2 Å². The average Bonchev–Trinajstić information content (AvgIpc) is 2.64. The highest BCUT2D eigenvalue weighted by molar-refractivity contribution is 4.77. The van der Waals surface area contributed by atoms with Crippen LogP contribution in [0, 0.1) is 0 Å². The monoisotopic (exact) mass is 212 g/mol. The smallest absolute Gasteiger partial charge is 0.0838 e. The van der Waals surface area contributed by atoms with E-state index in [1.165, 1.54) is 12.8 Å². The van der Waals surface area contributed by atoms with Crippen molar-refractivity contribution in [3.05, 3.63) is 12.7 Å². The Kier molecular flexibility index (Phi) is 5.96. The molecule has 1 rings (SSSR count). The summed E-state index contributed by atoms with van der Waals surface area (Å²) < 4.78 is 5.64. The van der Waals surface area contributed by atoms with Crippen LogP contribution in [0.15, 0.2) is 12.7 Å². The lowest BCUT2D eigenvalue weighted by Crippen LogP contribution is -2.25. The van der Waals surface area contributed by atoms with Crippen LogP contribution >= 0.6 is 0 Å². The minimum atomic E-state index is -0.251. The first-order chi connectivity index (χ1) is 7.24. The van der Waals surface area contributed by atoms with Crippen molar-refractivity contribution in [3.63, 3.8) is 0 Å². The molecule has 1 saturated heterocycles. The summed E-state index contributed by atoms with van der Waals surface area (Å²) >= 11 is 0. The van der Waals surface area contributed by atoms with Crippen LogP contribution < -0.4 is 0 Å². The Bertz CT molecular complexity index is 179. The topological polar surface area (TPSA) is 29.5 Å². The molecule has 0 radical (unpaired) electrons. The van der Waals surface area contributed by atoms with Crippen molar-refractivity contribution < 1.29 is 9.84 Å². The van der Waals surface area contributed by atoms with Gasteiger partial charge in [-0.2, -0.15) is 0 Å². The first-order valence-corrected chi connectivity index (χ1v) is 6.18. The lowest BCUT2D eigenvalue weighted by atomic mass is 10.0. The Balaban J connectivity index is 2.03. The predicted octanol–water partition coefficient (Wildman–Crippen LogP) is 3.05. The quantitative estimate of drug-likeness (QED) is 0.519. The van der Waals surface area contributed by atoms with Crippen LogP contribution in [0.2, 0.25) is 0 Å². The lowest BCUT2D eigenvalue weighted by Gasteiger charge is -2.18. The van der Waals surface area contributed by atoms with Crippen LogP contribution in [0.25, 0.3) is 0 Å². The Morgan fingerprint density at radius 1 is 1.40 bits per heavy atom. The lowest BCUT2D eigenvalue weighted by molar-refractivity contribution is -0.0322. The molecule has 15 heavy (non-hydrogen) atoms. The van der Waals surface area contributed by atoms with E-state index in [0.29, 0.717) is 6.10 Å². The molecule has 0 aromatic rings. The van der Waals surface area contributed by atoms with Crippen molar-refractivity contribution in [2.45, 2.75) is 70.2 Å². The standard InChI is InChI=1S/C13H24O2/c1-3-4-5-6-7-8-12(14)13-10-9-11(2)15-13/h3,11-14H,1,4-10H2,2H3. The molecular formula is C13H24O2. The minimum absolute atomic E-state index is 0.0967. The molecule has 1 aliphatic heterocycles. The molecule has 0 saturated carbocycles. The molecule has 0 bridgehead atoms. The zero-order chi connectivity index (χ0) is 11.1. The number of aliphatic hydroxyl groups is 1. The minimum Gasteiger partial charge on any atom is -0.390 e. The van der Waals surface area contributed by atoms with Crippen molar-refractivity contribution in [1.82, 2.24) is 0 Å². The van der Waals surface area contributed by atoms with Gasteiger partial charge in [0, 0.05) is 0 Å². The van der Waals surface area contributed by atoms with Crippen molar-refractivity contribution in [2.75, 3.05) is 0 Å². The molecule has 0 spiro atoms. The second kappa shape index (κ2) is 7.02. The summed E-state index contributed by atoms with van der Waals surface area (Å²) in [4.78, 5) is 0. The van der Waals surface area contributed by atoms with E-state index in [0.717, 1.165) is 32.1 Å². The summed E-state index contributed by atoms with van der Waals surface area (Å²) in [6, 6.07) is 0. The summed E-state index contributed by atoms with van der Waals surface area (Å²) in [7, 11) is 0. The number of ether oxygens (including phenoxy) is 1. The molecule has 0 aromatic carbocycles. The van der Waals surface area contributed by atoms with Crippen LogP contribution in [0.1, 0.15) is 51.9 Å². The first kappa shape index (κ1) is 12.7. The van der Waals surface area contributed by atoms with Gasteiger partial charge < -0.3 is 9.84 Å². The van der Waals surface area contributed by atoms with Gasteiger partial charge in [-0.05, 0) is 39.0 Å². The van der Waals surface area contributed by atoms with Gasteiger partial charge in [0.2, 0.25) is 0 Å². The van der Waals surface area contributed by atoms with E-state index in [4.69, 9.17) is 4.74 Å². The van der Waals surface area contributed by atoms with E-state index < -0.39 is 0 Å². The van der Waals surface area contributed by atoms with Crippen molar-refractivity contribution in [3.8, 4) is 0 Å². The Labute approximate surface area is 93.3 Å². The van der Waals surface area contributed by atoms with E-state index in [2.05, 4.69) is 13.5 Å². The number of allylic oxidation sites excluding steroid dienone is 1. The third kappa shape index (κ3) is 4.80.